The summed E-state index contributed by atoms with van der Waals surface area (Å²) in [5, 5.41) is 0. The Hall–Kier alpha value is -0.200. The first-order valence-electron chi connectivity index (χ1n) is 8.82. The first kappa shape index (κ1) is 15.3. The molecule has 5 rings (SSSR count). The standard InChI is InChI=1S/C17H28O5/c1-5-18-14-11(3)13-7-6-10(2)12-8-9-16(4)20-15(19-14)17(12,13)22-21-16/h10-15H,5-9H2,1-4H3/t10-,11+,12+,13+,14-,15-,16+,17-/m1/s1. The number of hydrogen-bond acceptors (Lipinski definition) is 5. The molecule has 2 bridgehead atoms. The molecular formula is C17H28O5. The minimum absolute atomic E-state index is 0.216. The maximum atomic E-state index is 6.25. The van der Waals surface area contributed by atoms with E-state index >= 15 is 0 Å². The predicted molar refractivity (Wildman–Crippen MR) is 78.5 cm³/mol. The Labute approximate surface area is 132 Å². The zero-order valence-corrected chi connectivity index (χ0v) is 14.0. The van der Waals surface area contributed by atoms with Crippen molar-refractivity contribution in [3.05, 3.63) is 0 Å². The fourth-order valence-electron chi connectivity index (χ4n) is 5.23. The fraction of sp³-hybridized carbons (Fsp3) is 1.00. The molecule has 4 saturated heterocycles. The minimum atomic E-state index is -0.700. The van der Waals surface area contributed by atoms with Crippen LogP contribution in [0.1, 0.15) is 53.4 Å². The fourth-order valence-corrected chi connectivity index (χ4v) is 5.23. The van der Waals surface area contributed by atoms with Crippen molar-refractivity contribution >= 4 is 0 Å². The van der Waals surface area contributed by atoms with Crippen LogP contribution in [0.4, 0.5) is 0 Å². The largest absolute Gasteiger partial charge is 0.353 e. The van der Waals surface area contributed by atoms with E-state index < -0.39 is 11.4 Å². The second-order valence-electron chi connectivity index (χ2n) is 7.73. The second-order valence-corrected chi connectivity index (χ2v) is 7.73. The van der Waals surface area contributed by atoms with E-state index in [2.05, 4.69) is 13.8 Å². The number of hydrogen-bond donors (Lipinski definition) is 0. The van der Waals surface area contributed by atoms with Gasteiger partial charge in [0.15, 0.2) is 18.2 Å². The number of rotatable bonds is 2. The Kier molecular flexibility index (Phi) is 3.59. The Bertz CT molecular complexity index is 443. The summed E-state index contributed by atoms with van der Waals surface area (Å²) in [5.41, 5.74) is -0.472. The Morgan fingerprint density at radius 2 is 1.91 bits per heavy atom. The van der Waals surface area contributed by atoms with Crippen molar-refractivity contribution in [2.75, 3.05) is 6.61 Å². The van der Waals surface area contributed by atoms with Crippen LogP contribution in [0.25, 0.3) is 0 Å². The van der Waals surface area contributed by atoms with E-state index in [1.54, 1.807) is 0 Å². The Morgan fingerprint density at radius 1 is 1.09 bits per heavy atom. The smallest absolute Gasteiger partial charge is 0.201 e. The molecule has 0 aromatic rings. The van der Waals surface area contributed by atoms with Crippen LogP contribution in [0, 0.1) is 23.7 Å². The SMILES string of the molecule is CCO[C@@H]1O[C@@H]2O[C@]3(C)CC[C@H]4[C@H](C)CC[C@@H]([C@@H]1C)[C@@]24OO3. The van der Waals surface area contributed by atoms with Crippen LogP contribution in [0.3, 0.4) is 0 Å². The van der Waals surface area contributed by atoms with Gasteiger partial charge in [0.1, 0.15) is 0 Å². The molecule has 0 N–H and O–H groups in total. The lowest BCUT2D eigenvalue weighted by Crippen LogP contribution is -2.70. The van der Waals surface area contributed by atoms with Gasteiger partial charge in [0, 0.05) is 24.9 Å². The van der Waals surface area contributed by atoms with Crippen LogP contribution in [-0.2, 0) is 24.0 Å². The molecule has 1 aliphatic carbocycles. The van der Waals surface area contributed by atoms with Crippen molar-refractivity contribution in [3.63, 3.8) is 0 Å². The summed E-state index contributed by atoms with van der Waals surface area (Å²) >= 11 is 0. The van der Waals surface area contributed by atoms with E-state index in [1.807, 2.05) is 13.8 Å². The lowest BCUT2D eigenvalue weighted by molar-refractivity contribution is -0.577. The molecule has 8 atom stereocenters. The van der Waals surface area contributed by atoms with Gasteiger partial charge in [0.05, 0.1) is 0 Å². The summed E-state index contributed by atoms with van der Waals surface area (Å²) in [6.45, 7) is 9.15. The summed E-state index contributed by atoms with van der Waals surface area (Å²) < 4.78 is 18.3. The summed E-state index contributed by atoms with van der Waals surface area (Å²) in [6, 6.07) is 0. The lowest BCUT2D eigenvalue weighted by Gasteiger charge is -2.60. The van der Waals surface area contributed by atoms with Gasteiger partial charge in [-0.05, 0) is 44.9 Å². The van der Waals surface area contributed by atoms with E-state index in [9.17, 15) is 0 Å². The van der Waals surface area contributed by atoms with E-state index in [4.69, 9.17) is 24.0 Å². The maximum Gasteiger partial charge on any atom is 0.201 e. The lowest BCUT2D eigenvalue weighted by atomic mass is 9.58. The number of ether oxygens (including phenoxy) is 3. The minimum Gasteiger partial charge on any atom is -0.353 e. The highest BCUT2D eigenvalue weighted by molar-refractivity contribution is 5.09. The van der Waals surface area contributed by atoms with Gasteiger partial charge in [0.2, 0.25) is 5.79 Å². The summed E-state index contributed by atoms with van der Waals surface area (Å²) in [4.78, 5) is 11.9. The molecule has 0 unspecified atom stereocenters. The van der Waals surface area contributed by atoms with Gasteiger partial charge in [-0.2, -0.15) is 0 Å². The Balaban J connectivity index is 1.75. The molecule has 126 valence electrons. The summed E-state index contributed by atoms with van der Waals surface area (Å²) in [5.74, 6) is 0.957. The van der Waals surface area contributed by atoms with Crippen molar-refractivity contribution in [2.24, 2.45) is 23.7 Å². The molecule has 1 saturated carbocycles. The van der Waals surface area contributed by atoms with Crippen molar-refractivity contribution in [3.8, 4) is 0 Å². The summed E-state index contributed by atoms with van der Waals surface area (Å²) in [6.07, 6.45) is 3.66. The van der Waals surface area contributed by atoms with Gasteiger partial charge in [-0.15, -0.1) is 0 Å². The molecule has 4 heterocycles. The van der Waals surface area contributed by atoms with Crippen LogP contribution in [0.15, 0.2) is 0 Å². The highest BCUT2D eigenvalue weighted by Crippen LogP contribution is 2.60. The number of fused-ring (bicyclic) bond motifs is 2. The topological polar surface area (TPSA) is 46.2 Å². The van der Waals surface area contributed by atoms with Crippen LogP contribution in [-0.4, -0.2) is 30.6 Å². The van der Waals surface area contributed by atoms with Gasteiger partial charge in [-0.3, -0.25) is 0 Å². The first-order chi connectivity index (χ1) is 10.5. The highest BCUT2D eigenvalue weighted by atomic mass is 17.3. The van der Waals surface area contributed by atoms with Gasteiger partial charge in [0.25, 0.3) is 0 Å². The first-order valence-corrected chi connectivity index (χ1v) is 8.82. The van der Waals surface area contributed by atoms with E-state index in [1.165, 1.54) is 6.42 Å². The molecule has 5 nitrogen and oxygen atoms in total. The molecule has 5 aliphatic rings. The monoisotopic (exact) mass is 312 g/mol. The third-order valence-corrected chi connectivity index (χ3v) is 6.43. The van der Waals surface area contributed by atoms with E-state index in [0.29, 0.717) is 24.4 Å². The Morgan fingerprint density at radius 3 is 2.68 bits per heavy atom. The van der Waals surface area contributed by atoms with E-state index in [0.717, 1.165) is 19.3 Å². The second kappa shape index (κ2) is 5.15. The van der Waals surface area contributed by atoms with Crippen LogP contribution in [0.5, 0.6) is 0 Å². The molecule has 5 fully saturated rings. The molecule has 4 aliphatic heterocycles. The van der Waals surface area contributed by atoms with Crippen molar-refractivity contribution in [2.45, 2.75) is 77.3 Å². The molecule has 5 heteroatoms. The van der Waals surface area contributed by atoms with Crippen molar-refractivity contribution < 1.29 is 24.0 Å². The summed E-state index contributed by atoms with van der Waals surface area (Å²) in [7, 11) is 0. The zero-order chi connectivity index (χ0) is 15.5. The van der Waals surface area contributed by atoms with Gasteiger partial charge < -0.3 is 14.2 Å². The van der Waals surface area contributed by atoms with Gasteiger partial charge in [-0.25, -0.2) is 9.78 Å². The maximum absolute atomic E-state index is 6.25. The van der Waals surface area contributed by atoms with E-state index in [-0.39, 0.29) is 18.5 Å². The third kappa shape index (κ3) is 1.96. The average molecular weight is 312 g/mol. The molecular weight excluding hydrogens is 284 g/mol. The average Bonchev–Trinajstić information content (AvgIpc) is 2.71. The van der Waals surface area contributed by atoms with Crippen molar-refractivity contribution in [1.29, 1.82) is 0 Å². The highest BCUT2D eigenvalue weighted by Gasteiger charge is 2.69. The zero-order valence-electron chi connectivity index (χ0n) is 14.0. The van der Waals surface area contributed by atoms with Crippen LogP contribution >= 0.6 is 0 Å². The molecule has 22 heavy (non-hydrogen) atoms. The van der Waals surface area contributed by atoms with Gasteiger partial charge >= 0.3 is 0 Å². The molecule has 0 radical (unpaired) electrons. The normalized spacial score (nSPS) is 57.3. The van der Waals surface area contributed by atoms with Crippen molar-refractivity contribution in [1.82, 2.24) is 0 Å². The quantitative estimate of drug-likeness (QED) is 0.733. The molecule has 0 aromatic carbocycles. The molecule has 1 spiro atoms. The predicted octanol–water partition coefficient (Wildman–Crippen LogP) is 3.23. The van der Waals surface area contributed by atoms with Crippen LogP contribution in [0.2, 0.25) is 0 Å². The van der Waals surface area contributed by atoms with Crippen LogP contribution < -0.4 is 0 Å². The molecule has 0 amide bonds. The van der Waals surface area contributed by atoms with Gasteiger partial charge in [-0.1, -0.05) is 13.8 Å². The third-order valence-electron chi connectivity index (χ3n) is 6.43. The molecule has 0 aromatic heterocycles.